The number of rotatable bonds is 5. The van der Waals surface area contributed by atoms with Gasteiger partial charge in [0.2, 0.25) is 0 Å². The maximum absolute atomic E-state index is 13.2. The molecule has 0 fully saturated rings. The molecule has 5 heteroatoms. The maximum Gasteiger partial charge on any atom is 0.137 e. The van der Waals surface area contributed by atoms with Crippen molar-refractivity contribution in [2.45, 2.75) is 13.0 Å². The number of halogens is 2. The standard InChI is InChI=1S/C15H16BrFN2O/c1-3-20-12-6-10(8-19-9-12)15(18-2)13-5-4-11(17)7-14(13)16/h4-9,15,18H,3H2,1-2H3. The van der Waals surface area contributed by atoms with E-state index >= 15 is 0 Å². The molecule has 1 N–H and O–H groups in total. The monoisotopic (exact) mass is 338 g/mol. The van der Waals surface area contributed by atoms with Crippen LogP contribution in [0.3, 0.4) is 0 Å². The summed E-state index contributed by atoms with van der Waals surface area (Å²) in [6.45, 7) is 2.52. The van der Waals surface area contributed by atoms with Crippen LogP contribution in [0, 0.1) is 5.82 Å². The van der Waals surface area contributed by atoms with Gasteiger partial charge < -0.3 is 10.1 Å². The number of nitrogens with one attached hydrogen (secondary N) is 1. The SMILES string of the molecule is CCOc1cncc(C(NC)c2ccc(F)cc2Br)c1. The molecule has 1 aromatic heterocycles. The molecular weight excluding hydrogens is 323 g/mol. The number of aromatic nitrogens is 1. The first-order chi connectivity index (χ1) is 9.65. The summed E-state index contributed by atoms with van der Waals surface area (Å²) in [5.74, 6) is 0.458. The molecule has 106 valence electrons. The van der Waals surface area contributed by atoms with Crippen molar-refractivity contribution in [3.05, 3.63) is 58.1 Å². The van der Waals surface area contributed by atoms with Crippen LogP contribution in [0.25, 0.3) is 0 Å². The fourth-order valence-electron chi connectivity index (χ4n) is 2.08. The van der Waals surface area contributed by atoms with Gasteiger partial charge in [-0.15, -0.1) is 0 Å². The van der Waals surface area contributed by atoms with E-state index in [0.717, 1.165) is 21.3 Å². The van der Waals surface area contributed by atoms with E-state index in [-0.39, 0.29) is 11.9 Å². The van der Waals surface area contributed by atoms with E-state index in [1.165, 1.54) is 12.1 Å². The van der Waals surface area contributed by atoms with E-state index in [1.807, 2.05) is 20.0 Å². The molecule has 3 nitrogen and oxygen atoms in total. The van der Waals surface area contributed by atoms with Crippen LogP contribution in [0.5, 0.6) is 5.75 Å². The Kier molecular flexibility index (Phi) is 5.09. The molecule has 20 heavy (non-hydrogen) atoms. The summed E-state index contributed by atoms with van der Waals surface area (Å²) in [7, 11) is 1.85. The molecule has 0 saturated heterocycles. The average Bonchev–Trinajstić information content (AvgIpc) is 2.43. The Balaban J connectivity index is 2.38. The van der Waals surface area contributed by atoms with Gasteiger partial charge in [0.15, 0.2) is 0 Å². The van der Waals surface area contributed by atoms with Crippen LogP contribution in [0.1, 0.15) is 24.1 Å². The fraction of sp³-hybridized carbons (Fsp3) is 0.267. The molecule has 1 heterocycles. The number of hydrogen-bond donors (Lipinski definition) is 1. The summed E-state index contributed by atoms with van der Waals surface area (Å²) in [5, 5.41) is 3.22. The minimum atomic E-state index is -0.267. The Morgan fingerprint density at radius 3 is 2.80 bits per heavy atom. The molecule has 1 aromatic carbocycles. The van der Waals surface area contributed by atoms with E-state index in [9.17, 15) is 4.39 Å². The average molecular weight is 339 g/mol. The zero-order valence-corrected chi connectivity index (χ0v) is 12.9. The van der Waals surface area contributed by atoms with Crippen molar-refractivity contribution >= 4 is 15.9 Å². The van der Waals surface area contributed by atoms with Crippen LogP contribution in [0.2, 0.25) is 0 Å². The van der Waals surface area contributed by atoms with Gasteiger partial charge in [-0.1, -0.05) is 22.0 Å². The van der Waals surface area contributed by atoms with Crippen LogP contribution < -0.4 is 10.1 Å². The van der Waals surface area contributed by atoms with Crippen molar-refractivity contribution in [1.82, 2.24) is 10.3 Å². The molecule has 0 radical (unpaired) electrons. The largest absolute Gasteiger partial charge is 0.492 e. The molecule has 1 atom stereocenters. The third-order valence-electron chi connectivity index (χ3n) is 2.94. The van der Waals surface area contributed by atoms with E-state index < -0.39 is 0 Å². The first kappa shape index (κ1) is 14.9. The Morgan fingerprint density at radius 1 is 1.35 bits per heavy atom. The van der Waals surface area contributed by atoms with E-state index in [1.54, 1.807) is 18.5 Å². The third kappa shape index (κ3) is 3.35. The molecule has 0 amide bonds. The Labute approximate surface area is 126 Å². The van der Waals surface area contributed by atoms with E-state index in [0.29, 0.717) is 6.61 Å². The first-order valence-corrected chi connectivity index (χ1v) is 7.15. The van der Waals surface area contributed by atoms with Gasteiger partial charge in [-0.25, -0.2) is 4.39 Å². The van der Waals surface area contributed by atoms with Gasteiger partial charge in [0.05, 0.1) is 18.8 Å². The highest BCUT2D eigenvalue weighted by molar-refractivity contribution is 9.10. The van der Waals surface area contributed by atoms with Crippen LogP contribution in [0.15, 0.2) is 41.1 Å². The summed E-state index contributed by atoms with van der Waals surface area (Å²) >= 11 is 3.40. The third-order valence-corrected chi connectivity index (χ3v) is 3.63. The lowest BCUT2D eigenvalue weighted by atomic mass is 10.0. The normalized spacial score (nSPS) is 12.2. The van der Waals surface area contributed by atoms with Gasteiger partial charge in [-0.05, 0) is 43.3 Å². The zero-order valence-electron chi connectivity index (χ0n) is 11.4. The molecule has 2 rings (SSSR count). The summed E-state index contributed by atoms with van der Waals surface area (Å²) in [5.41, 5.74) is 1.91. The summed E-state index contributed by atoms with van der Waals surface area (Å²) < 4.78 is 19.4. The molecule has 1 unspecified atom stereocenters. The second kappa shape index (κ2) is 6.81. The molecule has 2 aromatic rings. The van der Waals surface area contributed by atoms with Gasteiger partial charge in [0.1, 0.15) is 11.6 Å². The number of ether oxygens (including phenoxy) is 1. The molecule has 0 aliphatic rings. The summed E-state index contributed by atoms with van der Waals surface area (Å²) in [6.07, 6.45) is 3.46. The van der Waals surface area contributed by atoms with Gasteiger partial charge in [-0.3, -0.25) is 4.98 Å². The van der Waals surface area contributed by atoms with Crippen molar-refractivity contribution in [3.63, 3.8) is 0 Å². The minimum absolute atomic E-state index is 0.0853. The molecule has 0 aliphatic carbocycles. The van der Waals surface area contributed by atoms with Crippen molar-refractivity contribution in [1.29, 1.82) is 0 Å². The van der Waals surface area contributed by atoms with E-state index in [2.05, 4.69) is 26.2 Å². The number of pyridine rings is 1. The predicted octanol–water partition coefficient (Wildman–Crippen LogP) is 3.69. The topological polar surface area (TPSA) is 34.1 Å². The fourth-order valence-corrected chi connectivity index (χ4v) is 2.66. The van der Waals surface area contributed by atoms with Crippen LogP contribution in [-0.2, 0) is 0 Å². The smallest absolute Gasteiger partial charge is 0.137 e. The number of hydrogen-bond acceptors (Lipinski definition) is 3. The van der Waals surface area contributed by atoms with Gasteiger partial charge >= 0.3 is 0 Å². The molecular formula is C15H16BrFN2O. The Bertz CT molecular complexity index is 592. The number of benzene rings is 1. The Hall–Kier alpha value is -1.46. The highest BCUT2D eigenvalue weighted by Crippen LogP contribution is 2.30. The highest BCUT2D eigenvalue weighted by atomic mass is 79.9. The van der Waals surface area contributed by atoms with Crippen LogP contribution in [-0.4, -0.2) is 18.6 Å². The Morgan fingerprint density at radius 2 is 2.15 bits per heavy atom. The summed E-state index contributed by atoms with van der Waals surface area (Å²) in [6, 6.07) is 6.52. The van der Waals surface area contributed by atoms with Gasteiger partial charge in [-0.2, -0.15) is 0 Å². The van der Waals surface area contributed by atoms with Crippen LogP contribution in [0.4, 0.5) is 4.39 Å². The quantitative estimate of drug-likeness (QED) is 0.902. The lowest BCUT2D eigenvalue weighted by Gasteiger charge is -2.19. The number of nitrogens with zero attached hydrogens (tertiary/aromatic N) is 1. The predicted molar refractivity (Wildman–Crippen MR) is 80.4 cm³/mol. The lowest BCUT2D eigenvalue weighted by Crippen LogP contribution is -2.18. The second-order valence-electron chi connectivity index (χ2n) is 4.27. The van der Waals surface area contributed by atoms with Gasteiger partial charge in [0.25, 0.3) is 0 Å². The van der Waals surface area contributed by atoms with Crippen molar-refractivity contribution in [2.75, 3.05) is 13.7 Å². The van der Waals surface area contributed by atoms with Crippen molar-refractivity contribution in [3.8, 4) is 5.75 Å². The lowest BCUT2D eigenvalue weighted by molar-refractivity contribution is 0.338. The minimum Gasteiger partial charge on any atom is -0.492 e. The summed E-state index contributed by atoms with van der Waals surface area (Å²) in [4.78, 5) is 4.19. The molecule has 0 bridgehead atoms. The second-order valence-corrected chi connectivity index (χ2v) is 5.13. The van der Waals surface area contributed by atoms with E-state index in [4.69, 9.17) is 4.74 Å². The molecule has 0 saturated carbocycles. The molecule has 0 aliphatic heterocycles. The highest BCUT2D eigenvalue weighted by Gasteiger charge is 2.16. The zero-order chi connectivity index (χ0) is 14.5. The van der Waals surface area contributed by atoms with Crippen LogP contribution >= 0.6 is 15.9 Å². The first-order valence-electron chi connectivity index (χ1n) is 6.35. The van der Waals surface area contributed by atoms with Crippen molar-refractivity contribution in [2.24, 2.45) is 0 Å². The van der Waals surface area contributed by atoms with Gasteiger partial charge in [0, 0.05) is 10.7 Å². The van der Waals surface area contributed by atoms with Crippen molar-refractivity contribution < 1.29 is 9.13 Å². The molecule has 0 spiro atoms. The maximum atomic E-state index is 13.2.